The molecule has 0 aliphatic rings. The van der Waals surface area contributed by atoms with E-state index in [0.29, 0.717) is 22.7 Å². The minimum absolute atomic E-state index is 0.190. The largest absolute Gasteiger partial charge is 0.489 e. The Labute approximate surface area is 405 Å². The summed E-state index contributed by atoms with van der Waals surface area (Å²) in [5, 5.41) is 31.8. The Hall–Kier alpha value is -8.73. The van der Waals surface area contributed by atoms with E-state index in [4.69, 9.17) is 30.4 Å². The highest BCUT2D eigenvalue weighted by atomic mass is 35.5. The topological polar surface area (TPSA) is 118 Å². The molecule has 10 aromatic carbocycles. The predicted molar refractivity (Wildman–Crippen MR) is 286 cm³/mol. The summed E-state index contributed by atoms with van der Waals surface area (Å²) < 4.78 is 12.0. The lowest BCUT2D eigenvalue weighted by Gasteiger charge is -2.11. The molecule has 0 fully saturated rings. The number of aromatic nitrogens is 4. The van der Waals surface area contributed by atoms with Crippen molar-refractivity contribution in [2.45, 2.75) is 0 Å². The maximum absolute atomic E-state index is 9.44. The van der Waals surface area contributed by atoms with Crippen molar-refractivity contribution in [1.82, 2.24) is 19.9 Å². The number of para-hydroxylation sites is 2. The van der Waals surface area contributed by atoms with Crippen molar-refractivity contribution in [3.63, 3.8) is 0 Å². The lowest BCUT2D eigenvalue weighted by Crippen LogP contribution is -2.30. The van der Waals surface area contributed by atoms with E-state index in [0.717, 1.165) is 87.7 Å². The molecule has 0 unspecified atom stereocenters. The molecule has 8 nitrogen and oxygen atoms in total. The Balaban J connectivity index is 0.000000117. The fraction of sp³-hybridized carbons (Fsp3) is 0. The molecule has 0 bridgehead atoms. The van der Waals surface area contributed by atoms with Gasteiger partial charge in [-0.15, -0.1) is 0 Å². The SMILES string of the molecule is Clc1nc(-c2ccccc2)c2c(n1)oc1ccccc12.OB(O)c1cc2ccccc2c2ccccc12.c1ccc(-c2nc(-c3cc4ccccc4c4ccccc34)nc3oc4ccccc4c23)cc1. The molecule has 0 spiro atoms. The van der Waals surface area contributed by atoms with Gasteiger partial charge >= 0.3 is 7.12 Å². The van der Waals surface area contributed by atoms with Crippen molar-refractivity contribution in [1.29, 1.82) is 0 Å². The normalized spacial score (nSPS) is 11.4. The van der Waals surface area contributed by atoms with Crippen molar-refractivity contribution in [2.75, 3.05) is 0 Å². The number of benzene rings is 10. The van der Waals surface area contributed by atoms with E-state index in [1.54, 1.807) is 0 Å². The van der Waals surface area contributed by atoms with Crippen molar-refractivity contribution in [3.8, 4) is 33.9 Å². The summed E-state index contributed by atoms with van der Waals surface area (Å²) in [5.74, 6) is 0.669. The van der Waals surface area contributed by atoms with Gasteiger partial charge in [0.1, 0.15) is 11.2 Å². The molecule has 0 saturated carbocycles. The molecule has 0 atom stereocenters. The average Bonchev–Trinajstić information content (AvgIpc) is 3.99. The van der Waals surface area contributed by atoms with Gasteiger partial charge in [-0.3, -0.25) is 0 Å². The van der Waals surface area contributed by atoms with Crippen molar-refractivity contribution in [2.24, 2.45) is 0 Å². The smallest absolute Gasteiger partial charge is 0.438 e. The summed E-state index contributed by atoms with van der Waals surface area (Å²) >= 11 is 6.02. The van der Waals surface area contributed by atoms with Gasteiger partial charge in [0.15, 0.2) is 5.82 Å². The van der Waals surface area contributed by atoms with E-state index in [-0.39, 0.29) is 5.28 Å². The highest BCUT2D eigenvalue weighted by Gasteiger charge is 2.21. The monoisotopic (exact) mass is 924 g/mol. The predicted octanol–water partition coefficient (Wildman–Crippen LogP) is 14.4. The third kappa shape index (κ3) is 7.74. The Morgan fingerprint density at radius 3 is 1.34 bits per heavy atom. The quantitative estimate of drug-likeness (QED) is 0.102. The summed E-state index contributed by atoms with van der Waals surface area (Å²) in [5.41, 5.74) is 8.01. The molecule has 0 amide bonds. The highest BCUT2D eigenvalue weighted by molar-refractivity contribution is 6.62. The molecule has 14 rings (SSSR count). The van der Waals surface area contributed by atoms with Crippen LogP contribution in [0.5, 0.6) is 0 Å². The van der Waals surface area contributed by atoms with Gasteiger partial charge in [-0.25, -0.2) is 9.97 Å². The first-order chi connectivity index (χ1) is 34.5. The fourth-order valence-electron chi connectivity index (χ4n) is 9.49. The van der Waals surface area contributed by atoms with Gasteiger partial charge in [-0.05, 0) is 78.4 Å². The zero-order valence-electron chi connectivity index (χ0n) is 37.2. The number of rotatable bonds is 4. The molecule has 4 aromatic heterocycles. The third-order valence-electron chi connectivity index (χ3n) is 12.6. The highest BCUT2D eigenvalue weighted by Crippen LogP contribution is 2.40. The second-order valence-corrected chi connectivity index (χ2v) is 17.2. The standard InChI is InChI=1S/C30H18N2O.C16H9ClN2O.C14H11BO2/c1-2-10-19(11-3-1)28-27-24-16-8-9-17-26(24)33-30(27)32-29(31-28)25-18-20-12-4-5-13-21(20)22-14-6-7-15-23(22)25;17-16-18-14(10-6-2-1-3-7-10)13-11-8-4-5-9-12(11)20-15(13)19-16;16-15(17)14-9-10-5-1-2-6-11(10)12-7-3-4-8-13(12)14/h1-18H;1-9H;1-9,16-17H. The summed E-state index contributed by atoms with van der Waals surface area (Å²) in [6.45, 7) is 0. The Morgan fingerprint density at radius 1 is 0.371 bits per heavy atom. The van der Waals surface area contributed by atoms with Gasteiger partial charge in [0, 0.05) is 27.5 Å². The molecule has 0 saturated heterocycles. The van der Waals surface area contributed by atoms with E-state index in [1.807, 2.05) is 146 Å². The fourth-order valence-corrected chi connectivity index (χ4v) is 9.65. The van der Waals surface area contributed by atoms with Crippen LogP contribution in [0, 0.1) is 0 Å². The van der Waals surface area contributed by atoms with Crippen LogP contribution in [-0.4, -0.2) is 37.1 Å². The average molecular weight is 925 g/mol. The summed E-state index contributed by atoms with van der Waals surface area (Å²) in [6, 6.07) is 72.8. The van der Waals surface area contributed by atoms with Crippen molar-refractivity contribution < 1.29 is 18.9 Å². The van der Waals surface area contributed by atoms with E-state index in [1.165, 1.54) is 16.2 Å². The lowest BCUT2D eigenvalue weighted by molar-refractivity contribution is 0.426. The first kappa shape index (κ1) is 42.6. The zero-order valence-corrected chi connectivity index (χ0v) is 38.0. The number of nitrogens with zero attached hydrogens (tertiary/aromatic N) is 4. The molecular weight excluding hydrogens is 887 g/mol. The van der Waals surface area contributed by atoms with Crippen molar-refractivity contribution in [3.05, 3.63) is 224 Å². The van der Waals surface area contributed by atoms with Crippen molar-refractivity contribution >= 4 is 111 Å². The van der Waals surface area contributed by atoms with Crippen LogP contribution >= 0.6 is 11.6 Å². The number of hydrogen-bond donors (Lipinski definition) is 2. The third-order valence-corrected chi connectivity index (χ3v) is 12.8. The van der Waals surface area contributed by atoms with E-state index in [9.17, 15) is 10.0 Å². The van der Waals surface area contributed by atoms with Gasteiger partial charge in [0.05, 0.1) is 22.2 Å². The van der Waals surface area contributed by atoms with Gasteiger partial charge in [-0.2, -0.15) is 9.97 Å². The van der Waals surface area contributed by atoms with Crippen LogP contribution in [0.4, 0.5) is 0 Å². The molecule has 2 N–H and O–H groups in total. The van der Waals surface area contributed by atoms with E-state index < -0.39 is 7.12 Å². The molecule has 0 aliphatic carbocycles. The molecule has 4 heterocycles. The van der Waals surface area contributed by atoms with E-state index >= 15 is 0 Å². The minimum atomic E-state index is -1.44. The number of halogens is 1. The Morgan fingerprint density at radius 2 is 0.786 bits per heavy atom. The summed E-state index contributed by atoms with van der Waals surface area (Å²) in [4.78, 5) is 18.7. The lowest BCUT2D eigenvalue weighted by atomic mass is 9.76. The Kier molecular flexibility index (Phi) is 11.0. The summed E-state index contributed by atoms with van der Waals surface area (Å²) in [7, 11) is -1.44. The van der Waals surface area contributed by atoms with Crippen LogP contribution in [0.2, 0.25) is 5.28 Å². The molecule has 14 aromatic rings. The van der Waals surface area contributed by atoms with Crippen LogP contribution in [0.3, 0.4) is 0 Å². The number of fused-ring (bicyclic) bond motifs is 12. The zero-order chi connectivity index (χ0) is 47.1. The van der Waals surface area contributed by atoms with Gasteiger partial charge in [-0.1, -0.05) is 200 Å². The van der Waals surface area contributed by atoms with Gasteiger partial charge in [0.25, 0.3) is 0 Å². The molecule has 0 aliphatic heterocycles. The van der Waals surface area contributed by atoms with E-state index in [2.05, 4.69) is 82.8 Å². The van der Waals surface area contributed by atoms with Crippen LogP contribution < -0.4 is 5.46 Å². The first-order valence-corrected chi connectivity index (χ1v) is 23.2. The number of furan rings is 2. The molecule has 70 heavy (non-hydrogen) atoms. The maximum Gasteiger partial charge on any atom is 0.489 e. The first-order valence-electron chi connectivity index (χ1n) is 22.8. The number of hydrogen-bond acceptors (Lipinski definition) is 8. The molecule has 10 heteroatoms. The summed E-state index contributed by atoms with van der Waals surface area (Å²) in [6.07, 6.45) is 0. The van der Waals surface area contributed by atoms with Crippen LogP contribution in [0.1, 0.15) is 0 Å². The molecular formula is C60H38BClN4O4. The van der Waals surface area contributed by atoms with Gasteiger partial charge < -0.3 is 18.9 Å². The second kappa shape index (κ2) is 18.1. The Bertz CT molecular complexity index is 4260. The maximum atomic E-state index is 9.44. The molecule has 332 valence electrons. The second-order valence-electron chi connectivity index (χ2n) is 16.8. The van der Waals surface area contributed by atoms with Crippen LogP contribution in [-0.2, 0) is 0 Å². The van der Waals surface area contributed by atoms with Crippen LogP contribution in [0.25, 0.3) is 121 Å². The van der Waals surface area contributed by atoms with Crippen LogP contribution in [0.15, 0.2) is 227 Å². The molecule has 0 radical (unpaired) electrons. The van der Waals surface area contributed by atoms with Gasteiger partial charge in [0.2, 0.25) is 16.7 Å². The minimum Gasteiger partial charge on any atom is -0.438 e.